The molecule has 0 fully saturated rings. The summed E-state index contributed by atoms with van der Waals surface area (Å²) in [6, 6.07) is 6.41. The summed E-state index contributed by atoms with van der Waals surface area (Å²) in [7, 11) is 0. The van der Waals surface area contributed by atoms with Crippen molar-refractivity contribution >= 4 is 29.6 Å². The first kappa shape index (κ1) is 21.8. The quantitative estimate of drug-likeness (QED) is 0.537. The van der Waals surface area contributed by atoms with Crippen LogP contribution in [0.2, 0.25) is 5.02 Å². The van der Waals surface area contributed by atoms with E-state index in [9.17, 15) is 14.7 Å². The van der Waals surface area contributed by atoms with Gasteiger partial charge in [0.1, 0.15) is 11.4 Å². The number of carbonyl (C=O) groups is 2. The second-order valence-electron chi connectivity index (χ2n) is 8.23. The topological polar surface area (TPSA) is 79.7 Å². The van der Waals surface area contributed by atoms with Crippen LogP contribution in [0.4, 0.5) is 4.79 Å². The molecule has 158 valence electrons. The maximum absolute atomic E-state index is 12.7. The van der Waals surface area contributed by atoms with E-state index in [0.717, 1.165) is 5.56 Å². The van der Waals surface area contributed by atoms with Crippen LogP contribution in [0, 0.1) is 0 Å². The zero-order valence-corrected chi connectivity index (χ0v) is 18.2. The minimum absolute atomic E-state index is 0.105. The molecule has 1 aromatic heterocycles. The van der Waals surface area contributed by atoms with E-state index in [2.05, 4.69) is 4.98 Å². The van der Waals surface area contributed by atoms with Crippen molar-refractivity contribution in [3.63, 3.8) is 0 Å². The van der Waals surface area contributed by atoms with Crippen LogP contribution in [-0.4, -0.2) is 39.0 Å². The maximum Gasteiger partial charge on any atom is 0.410 e. The van der Waals surface area contributed by atoms with Crippen LogP contribution in [0.1, 0.15) is 60.9 Å². The number of ketones is 1. The monoisotopic (exact) mass is 428 g/mol. The second kappa shape index (κ2) is 8.48. The van der Waals surface area contributed by atoms with Gasteiger partial charge in [-0.2, -0.15) is 0 Å². The number of carbonyl (C=O) groups excluding carboxylic acids is 2. The van der Waals surface area contributed by atoms with Crippen molar-refractivity contribution in [2.45, 2.75) is 45.8 Å². The van der Waals surface area contributed by atoms with Crippen molar-refractivity contribution in [1.29, 1.82) is 0 Å². The van der Waals surface area contributed by atoms with E-state index in [4.69, 9.17) is 16.3 Å². The molecule has 1 amide bonds. The van der Waals surface area contributed by atoms with Gasteiger partial charge in [0.2, 0.25) is 0 Å². The van der Waals surface area contributed by atoms with E-state index in [1.165, 1.54) is 12.3 Å². The first-order valence-electron chi connectivity index (χ1n) is 9.75. The van der Waals surface area contributed by atoms with E-state index in [0.29, 0.717) is 29.2 Å². The molecule has 0 spiro atoms. The number of phenols is 1. The van der Waals surface area contributed by atoms with E-state index < -0.39 is 17.7 Å². The minimum atomic E-state index is -0.614. The normalized spacial score (nSPS) is 16.4. The predicted octanol–water partition coefficient (Wildman–Crippen LogP) is 5.19. The fraction of sp³-hybridized carbons (Fsp3) is 0.348. The van der Waals surface area contributed by atoms with Crippen molar-refractivity contribution < 1.29 is 19.4 Å². The lowest BCUT2D eigenvalue weighted by Crippen LogP contribution is -2.42. The largest absolute Gasteiger partial charge is 0.507 e. The fourth-order valence-electron chi connectivity index (χ4n) is 3.43. The number of fused-ring (bicyclic) bond motifs is 1. The zero-order valence-electron chi connectivity index (χ0n) is 17.5. The van der Waals surface area contributed by atoms with Crippen molar-refractivity contribution in [3.8, 4) is 5.75 Å². The Hall–Kier alpha value is -2.86. The van der Waals surface area contributed by atoms with E-state index in [1.54, 1.807) is 29.2 Å². The molecular weight excluding hydrogens is 404 g/mol. The lowest BCUT2D eigenvalue weighted by atomic mass is 9.89. The number of pyridine rings is 1. The summed E-state index contributed by atoms with van der Waals surface area (Å²) >= 11 is 5.82. The Morgan fingerprint density at radius 3 is 2.63 bits per heavy atom. The van der Waals surface area contributed by atoms with Gasteiger partial charge in [-0.1, -0.05) is 17.7 Å². The van der Waals surface area contributed by atoms with Gasteiger partial charge < -0.3 is 14.7 Å². The zero-order chi connectivity index (χ0) is 22.1. The average molecular weight is 429 g/mol. The molecule has 3 rings (SSSR count). The summed E-state index contributed by atoms with van der Waals surface area (Å²) in [5.74, 6) is -0.458. The third-order valence-electron chi connectivity index (χ3n) is 4.86. The van der Waals surface area contributed by atoms with Gasteiger partial charge in [-0.25, -0.2) is 4.79 Å². The van der Waals surface area contributed by atoms with Crippen molar-refractivity contribution in [1.82, 2.24) is 9.88 Å². The number of hydrogen-bond acceptors (Lipinski definition) is 5. The lowest BCUT2D eigenvalue weighted by molar-refractivity contribution is 0.0158. The molecule has 2 heterocycles. The lowest BCUT2D eigenvalue weighted by Gasteiger charge is -2.36. The molecule has 1 N–H and O–H groups in total. The average Bonchev–Trinajstić information content (AvgIpc) is 2.66. The number of aromatic nitrogens is 1. The number of nitrogens with zero attached hydrogens (tertiary/aromatic N) is 2. The maximum atomic E-state index is 12.7. The van der Waals surface area contributed by atoms with Crippen molar-refractivity contribution in [2.24, 2.45) is 0 Å². The van der Waals surface area contributed by atoms with Gasteiger partial charge >= 0.3 is 6.09 Å². The van der Waals surface area contributed by atoms with Crippen LogP contribution in [0.3, 0.4) is 0 Å². The third kappa shape index (κ3) is 4.82. The highest BCUT2D eigenvalue weighted by Gasteiger charge is 2.33. The highest BCUT2D eigenvalue weighted by atomic mass is 35.5. The van der Waals surface area contributed by atoms with E-state index in [1.807, 2.05) is 33.8 Å². The Morgan fingerprint density at radius 2 is 2.00 bits per heavy atom. The van der Waals surface area contributed by atoms with E-state index in [-0.39, 0.29) is 17.1 Å². The van der Waals surface area contributed by atoms with Gasteiger partial charge in [0.25, 0.3) is 0 Å². The summed E-state index contributed by atoms with van der Waals surface area (Å²) < 4.78 is 5.49. The van der Waals surface area contributed by atoms with Gasteiger partial charge in [-0.15, -0.1) is 0 Å². The van der Waals surface area contributed by atoms with Crippen molar-refractivity contribution in [2.75, 3.05) is 6.54 Å². The highest BCUT2D eigenvalue weighted by Crippen LogP contribution is 2.38. The van der Waals surface area contributed by atoms with Crippen molar-refractivity contribution in [3.05, 3.63) is 63.9 Å². The molecular formula is C23H25ClN2O4. The SMILES string of the molecule is CC1c2c(ccc(C(=O)/C=C/c3ccc(Cl)cn3)c2O)CCN1C(=O)OC(C)(C)C. The van der Waals surface area contributed by atoms with Crippen LogP contribution in [-0.2, 0) is 11.2 Å². The summed E-state index contributed by atoms with van der Waals surface area (Å²) in [6.07, 6.45) is 4.55. The number of hydrogen-bond donors (Lipinski definition) is 1. The molecule has 0 saturated carbocycles. The Bertz CT molecular complexity index is 993. The summed E-state index contributed by atoms with van der Waals surface area (Å²) in [5, 5.41) is 11.4. The summed E-state index contributed by atoms with van der Waals surface area (Å²) in [4.78, 5) is 31.0. The number of benzene rings is 1. The molecule has 1 aliphatic heterocycles. The molecule has 1 aliphatic rings. The molecule has 0 aliphatic carbocycles. The number of rotatable bonds is 3. The summed E-state index contributed by atoms with van der Waals surface area (Å²) in [5.41, 5.74) is 1.64. The molecule has 2 aromatic rings. The van der Waals surface area contributed by atoms with Gasteiger partial charge in [-0.3, -0.25) is 9.78 Å². The Labute approximate surface area is 181 Å². The highest BCUT2D eigenvalue weighted by molar-refractivity contribution is 6.30. The van der Waals surface area contributed by atoms with Gasteiger partial charge in [0.15, 0.2) is 5.78 Å². The fourth-order valence-corrected chi connectivity index (χ4v) is 3.54. The molecule has 1 atom stereocenters. The smallest absolute Gasteiger partial charge is 0.410 e. The summed E-state index contributed by atoms with van der Waals surface area (Å²) in [6.45, 7) is 7.73. The molecule has 1 unspecified atom stereocenters. The minimum Gasteiger partial charge on any atom is -0.507 e. The van der Waals surface area contributed by atoms with Gasteiger partial charge in [0, 0.05) is 18.3 Å². The molecule has 0 bridgehead atoms. The van der Waals surface area contributed by atoms with Crippen LogP contribution in [0.15, 0.2) is 36.5 Å². The predicted molar refractivity (Wildman–Crippen MR) is 116 cm³/mol. The molecule has 0 saturated heterocycles. The number of halogens is 1. The molecule has 30 heavy (non-hydrogen) atoms. The molecule has 0 radical (unpaired) electrons. The third-order valence-corrected chi connectivity index (χ3v) is 5.09. The van der Waals surface area contributed by atoms with Gasteiger partial charge in [0.05, 0.1) is 22.3 Å². The first-order valence-corrected chi connectivity index (χ1v) is 10.1. The number of amides is 1. The van der Waals surface area contributed by atoms with Crippen LogP contribution in [0.25, 0.3) is 6.08 Å². The number of phenolic OH excluding ortho intramolecular Hbond substituents is 1. The van der Waals surface area contributed by atoms with Crippen LogP contribution in [0.5, 0.6) is 5.75 Å². The molecule has 7 heteroatoms. The molecule has 1 aromatic carbocycles. The second-order valence-corrected chi connectivity index (χ2v) is 8.67. The standard InChI is InChI=1S/C23H25ClN2O4/c1-14-20-15(11-12-26(14)22(29)30-23(2,3)4)5-9-18(21(20)28)19(27)10-8-17-7-6-16(24)13-25-17/h5-10,13-14,28H,11-12H2,1-4H3/b10-8+. The Morgan fingerprint density at radius 1 is 1.27 bits per heavy atom. The van der Waals surface area contributed by atoms with Crippen LogP contribution >= 0.6 is 11.6 Å². The first-order chi connectivity index (χ1) is 14.1. The number of aromatic hydroxyl groups is 1. The molecule has 6 nitrogen and oxygen atoms in total. The van der Waals surface area contributed by atoms with E-state index >= 15 is 0 Å². The number of ether oxygens (including phenoxy) is 1. The Balaban J connectivity index is 1.86. The van der Waals surface area contributed by atoms with Gasteiger partial charge in [-0.05, 0) is 70.0 Å². The number of allylic oxidation sites excluding steroid dienone is 1. The Kier molecular flexibility index (Phi) is 6.17. The van der Waals surface area contributed by atoms with Crippen LogP contribution < -0.4 is 0 Å².